The molecular formula is C41H50F2N8O5S. The number of alkyl halides is 2. The Morgan fingerprint density at radius 1 is 0.877 bits per heavy atom. The summed E-state index contributed by atoms with van der Waals surface area (Å²) in [6, 6.07) is 16.0. The number of aromatic amines is 1. The van der Waals surface area contributed by atoms with Crippen molar-refractivity contribution >= 4 is 44.5 Å². The number of sulfonamides is 1. The summed E-state index contributed by atoms with van der Waals surface area (Å²) < 4.78 is 54.5. The average Bonchev–Trinajstić information content (AvgIpc) is 3.69. The van der Waals surface area contributed by atoms with Gasteiger partial charge in [-0.15, -0.1) is 0 Å². The number of amides is 2. The van der Waals surface area contributed by atoms with E-state index in [1.165, 1.54) is 36.2 Å². The SMILES string of the molecule is CC1CCCC1.O=C1CCC(c2ccc(N3CCN(Cc4ccc(S(=O)(=O)N5CCC(Nc6ncc7cc(C(F)F)c(=O)[nH]c7n6)CC5)cc4)CC3)cc2)C(=O)N1. The van der Waals surface area contributed by atoms with Gasteiger partial charge in [-0.05, 0) is 66.6 Å². The summed E-state index contributed by atoms with van der Waals surface area (Å²) in [4.78, 5) is 51.4. The third kappa shape index (κ3) is 9.84. The summed E-state index contributed by atoms with van der Waals surface area (Å²) in [7, 11) is -3.69. The maximum Gasteiger partial charge on any atom is 0.269 e. The molecule has 2 aromatic carbocycles. The minimum atomic E-state index is -3.69. The van der Waals surface area contributed by atoms with E-state index in [0.29, 0.717) is 45.3 Å². The van der Waals surface area contributed by atoms with Crippen LogP contribution in [0.4, 0.5) is 20.4 Å². The monoisotopic (exact) mass is 804 g/mol. The van der Waals surface area contributed by atoms with Crippen LogP contribution in [-0.4, -0.2) is 89.7 Å². The predicted molar refractivity (Wildman–Crippen MR) is 214 cm³/mol. The highest BCUT2D eigenvalue weighted by Gasteiger charge is 2.31. The molecule has 5 heterocycles. The second-order valence-electron chi connectivity index (χ2n) is 15.6. The van der Waals surface area contributed by atoms with Crippen molar-refractivity contribution < 1.29 is 26.8 Å². The quantitative estimate of drug-likeness (QED) is 0.183. The molecular weight excluding hydrogens is 755 g/mol. The normalized spacial score (nSPS) is 20.4. The molecule has 57 heavy (non-hydrogen) atoms. The number of aromatic nitrogens is 3. The molecule has 13 nitrogen and oxygen atoms in total. The van der Waals surface area contributed by atoms with Gasteiger partial charge in [0.05, 0.1) is 16.4 Å². The summed E-state index contributed by atoms with van der Waals surface area (Å²) >= 11 is 0. The zero-order chi connectivity index (χ0) is 40.1. The number of halogens is 2. The molecule has 0 spiro atoms. The van der Waals surface area contributed by atoms with E-state index in [1.807, 2.05) is 36.4 Å². The summed E-state index contributed by atoms with van der Waals surface area (Å²) in [5, 5.41) is 5.88. The van der Waals surface area contributed by atoms with Crippen molar-refractivity contribution in [2.24, 2.45) is 5.92 Å². The van der Waals surface area contributed by atoms with Crippen molar-refractivity contribution in [3.05, 3.63) is 87.8 Å². The summed E-state index contributed by atoms with van der Waals surface area (Å²) in [5.74, 6) is 0.521. The van der Waals surface area contributed by atoms with Crippen molar-refractivity contribution in [2.75, 3.05) is 49.5 Å². The highest BCUT2D eigenvalue weighted by Crippen LogP contribution is 2.28. The van der Waals surface area contributed by atoms with Crippen molar-refractivity contribution in [3.8, 4) is 0 Å². The number of H-pyrrole nitrogens is 1. The lowest BCUT2D eigenvalue weighted by Crippen LogP contribution is -2.46. The molecule has 2 amide bonds. The number of piperazine rings is 1. The van der Waals surface area contributed by atoms with Gasteiger partial charge in [-0.25, -0.2) is 22.2 Å². The van der Waals surface area contributed by atoms with Crippen LogP contribution < -0.4 is 21.1 Å². The van der Waals surface area contributed by atoms with Crippen LogP contribution in [0.15, 0.2) is 70.5 Å². The van der Waals surface area contributed by atoms with Gasteiger partial charge in [0.25, 0.3) is 12.0 Å². The first kappa shape index (κ1) is 40.4. The molecule has 0 bridgehead atoms. The van der Waals surface area contributed by atoms with Gasteiger partial charge in [0.1, 0.15) is 5.65 Å². The predicted octanol–water partition coefficient (Wildman–Crippen LogP) is 5.56. The van der Waals surface area contributed by atoms with Crippen LogP contribution in [0.5, 0.6) is 0 Å². The van der Waals surface area contributed by atoms with Gasteiger partial charge in [0.15, 0.2) is 0 Å². The molecule has 4 fully saturated rings. The first-order valence-electron chi connectivity index (χ1n) is 19.9. The Labute approximate surface area is 331 Å². The second-order valence-corrected chi connectivity index (χ2v) is 17.5. The Kier molecular flexibility index (Phi) is 12.6. The van der Waals surface area contributed by atoms with Crippen molar-refractivity contribution in [2.45, 2.75) is 88.1 Å². The molecule has 16 heteroatoms. The lowest BCUT2D eigenvalue weighted by Gasteiger charge is -2.36. The number of nitrogens with zero attached hydrogens (tertiary/aromatic N) is 5. The first-order chi connectivity index (χ1) is 27.4. The third-order valence-electron chi connectivity index (χ3n) is 11.5. The number of rotatable bonds is 9. The van der Waals surface area contributed by atoms with Crippen molar-refractivity contribution in [1.29, 1.82) is 0 Å². The Bertz CT molecular complexity index is 2200. The average molecular weight is 805 g/mol. The third-order valence-corrected chi connectivity index (χ3v) is 13.4. The van der Waals surface area contributed by atoms with E-state index < -0.39 is 27.6 Å². The topological polar surface area (TPSA) is 161 Å². The number of carbonyl (C=O) groups is 2. The molecule has 1 atom stereocenters. The maximum atomic E-state index is 13.5. The minimum Gasteiger partial charge on any atom is -0.369 e. The van der Waals surface area contributed by atoms with Gasteiger partial charge < -0.3 is 15.2 Å². The molecule has 3 N–H and O–H groups in total. The molecule has 1 unspecified atom stereocenters. The van der Waals surface area contributed by atoms with E-state index in [9.17, 15) is 31.6 Å². The zero-order valence-corrected chi connectivity index (χ0v) is 32.9. The second kappa shape index (κ2) is 17.8. The van der Waals surface area contributed by atoms with Crippen LogP contribution in [-0.2, 0) is 26.2 Å². The van der Waals surface area contributed by atoms with E-state index >= 15 is 0 Å². The fourth-order valence-corrected chi connectivity index (χ4v) is 9.53. The number of hydrogen-bond donors (Lipinski definition) is 3. The zero-order valence-electron chi connectivity index (χ0n) is 32.1. The molecule has 2 aromatic heterocycles. The van der Waals surface area contributed by atoms with E-state index in [0.717, 1.165) is 55.0 Å². The number of pyridine rings is 1. The van der Waals surface area contributed by atoms with Crippen LogP contribution in [0.1, 0.15) is 87.3 Å². The number of hydrogen-bond acceptors (Lipinski definition) is 10. The van der Waals surface area contributed by atoms with Gasteiger partial charge in [0.2, 0.25) is 27.8 Å². The van der Waals surface area contributed by atoms with Gasteiger partial charge in [-0.1, -0.05) is 56.9 Å². The largest absolute Gasteiger partial charge is 0.369 e. The standard InChI is InChI=1S/C35H38F2N8O5S.C6H12/c36-31(37)29-19-24-20-38-35(42-32(24)41-34(29)48)39-25-11-13-45(14-12-25)51(49,50)27-7-1-22(2-8-27)21-43-15-17-44(18-16-43)26-5-3-23(4-6-26)28-9-10-30(46)40-33(28)47;1-6-4-2-3-5-6/h1-8,19-20,25,28,31H,9-18,21H2,(H,40,46,47)(H2,38,39,41,42,48);6H,2-5H2,1H3. The molecule has 304 valence electrons. The molecule has 3 aliphatic heterocycles. The number of fused-ring (bicyclic) bond motifs is 1. The smallest absolute Gasteiger partial charge is 0.269 e. The number of anilines is 2. The molecule has 0 radical (unpaired) electrons. The van der Waals surface area contributed by atoms with Gasteiger partial charge in [-0.3, -0.25) is 24.6 Å². The Hall–Kier alpha value is -4.80. The van der Waals surface area contributed by atoms with Crippen LogP contribution in [0.2, 0.25) is 0 Å². The number of piperidine rings is 2. The minimum absolute atomic E-state index is 0.110. The highest BCUT2D eigenvalue weighted by molar-refractivity contribution is 7.89. The molecule has 4 aromatic rings. The van der Waals surface area contributed by atoms with Crippen LogP contribution >= 0.6 is 0 Å². The highest BCUT2D eigenvalue weighted by atomic mass is 32.2. The molecule has 8 rings (SSSR count). The molecule has 3 saturated heterocycles. The molecule has 1 aliphatic carbocycles. The van der Waals surface area contributed by atoms with Crippen LogP contribution in [0.3, 0.4) is 0 Å². The Morgan fingerprint density at radius 3 is 2.18 bits per heavy atom. The van der Waals surface area contributed by atoms with E-state index in [4.69, 9.17) is 0 Å². The Balaban J connectivity index is 0.000000757. The fraction of sp³-hybridized carbons (Fsp3) is 0.488. The van der Waals surface area contributed by atoms with E-state index in [-0.39, 0.29) is 45.7 Å². The van der Waals surface area contributed by atoms with Crippen LogP contribution in [0, 0.1) is 5.92 Å². The summed E-state index contributed by atoms with van der Waals surface area (Å²) in [5.41, 5.74) is 1.64. The lowest BCUT2D eigenvalue weighted by atomic mass is 9.90. The van der Waals surface area contributed by atoms with Crippen LogP contribution in [0.25, 0.3) is 11.0 Å². The number of imide groups is 1. The van der Waals surface area contributed by atoms with Gasteiger partial charge >= 0.3 is 0 Å². The first-order valence-corrected chi connectivity index (χ1v) is 21.3. The van der Waals surface area contributed by atoms with E-state index in [2.05, 4.69) is 42.3 Å². The Morgan fingerprint density at radius 2 is 1.56 bits per heavy atom. The maximum absolute atomic E-state index is 13.5. The summed E-state index contributed by atoms with van der Waals surface area (Å²) in [6.45, 7) is 7.01. The number of nitrogens with one attached hydrogen (secondary N) is 3. The number of carbonyl (C=O) groups excluding carboxylic acids is 2. The van der Waals surface area contributed by atoms with Crippen molar-refractivity contribution in [1.82, 2.24) is 29.5 Å². The van der Waals surface area contributed by atoms with Gasteiger partial charge in [0, 0.05) is 75.5 Å². The van der Waals surface area contributed by atoms with E-state index in [1.54, 1.807) is 12.1 Å². The molecule has 1 saturated carbocycles. The summed E-state index contributed by atoms with van der Waals surface area (Å²) in [6.07, 6.45) is 6.31. The number of benzene rings is 2. The molecule has 4 aliphatic rings. The lowest BCUT2D eigenvalue weighted by molar-refractivity contribution is -0.134. The van der Waals surface area contributed by atoms with Gasteiger partial charge in [-0.2, -0.15) is 9.29 Å². The van der Waals surface area contributed by atoms with Crippen molar-refractivity contribution in [3.63, 3.8) is 0 Å². The fourth-order valence-electron chi connectivity index (χ4n) is 8.06.